The number of amides is 1. The molecular formula is C16H23NO3. The summed E-state index contributed by atoms with van der Waals surface area (Å²) in [7, 11) is 0. The van der Waals surface area contributed by atoms with Gasteiger partial charge in [-0.1, -0.05) is 29.3 Å². The van der Waals surface area contributed by atoms with Crippen LogP contribution >= 0.6 is 0 Å². The summed E-state index contributed by atoms with van der Waals surface area (Å²) in [5.74, 6) is 0. The molecule has 1 N–H and O–H groups in total. The second kappa shape index (κ2) is 5.65. The van der Waals surface area contributed by atoms with E-state index in [1.54, 1.807) is 27.7 Å². The van der Waals surface area contributed by atoms with Gasteiger partial charge in [0.1, 0.15) is 17.4 Å². The Kier molecular flexibility index (Phi) is 4.58. The number of benzene rings is 1. The predicted molar refractivity (Wildman–Crippen MR) is 78.7 cm³/mol. The van der Waals surface area contributed by atoms with Gasteiger partial charge in [0.25, 0.3) is 0 Å². The molecule has 4 heteroatoms. The molecular weight excluding hydrogens is 254 g/mol. The number of aldehydes is 1. The van der Waals surface area contributed by atoms with Gasteiger partial charge in [-0.2, -0.15) is 0 Å². The van der Waals surface area contributed by atoms with Crippen molar-refractivity contribution in [1.82, 2.24) is 5.32 Å². The van der Waals surface area contributed by atoms with Crippen molar-refractivity contribution in [1.29, 1.82) is 0 Å². The van der Waals surface area contributed by atoms with Crippen molar-refractivity contribution in [3.8, 4) is 0 Å². The third-order valence-electron chi connectivity index (χ3n) is 2.82. The molecule has 0 heterocycles. The van der Waals surface area contributed by atoms with E-state index < -0.39 is 17.2 Å². The Morgan fingerprint density at radius 1 is 1.10 bits per heavy atom. The lowest BCUT2D eigenvalue weighted by Gasteiger charge is -2.28. The molecule has 1 unspecified atom stereocenters. The Morgan fingerprint density at radius 3 is 2.00 bits per heavy atom. The summed E-state index contributed by atoms with van der Waals surface area (Å²) in [5.41, 5.74) is 1.13. The number of nitrogens with one attached hydrogen (secondary N) is 1. The van der Waals surface area contributed by atoms with Crippen LogP contribution in [0, 0.1) is 13.8 Å². The Bertz CT molecular complexity index is 497. The van der Waals surface area contributed by atoms with Gasteiger partial charge in [0.15, 0.2) is 0 Å². The molecule has 0 radical (unpaired) electrons. The minimum atomic E-state index is -1.10. The standard InChI is InChI=1S/C16H23NO3/c1-11-7-12(2)9-13(8-11)16(6,10-18)17-14(19)20-15(3,4)5/h7-10H,1-6H3,(H,17,19). The van der Waals surface area contributed by atoms with Crippen LogP contribution in [0.3, 0.4) is 0 Å². The maximum absolute atomic E-state index is 11.9. The molecule has 0 aliphatic rings. The topological polar surface area (TPSA) is 55.4 Å². The van der Waals surface area contributed by atoms with Gasteiger partial charge in [0.05, 0.1) is 0 Å². The van der Waals surface area contributed by atoms with Crippen LogP contribution in [-0.2, 0) is 15.1 Å². The van der Waals surface area contributed by atoms with Crippen molar-refractivity contribution in [3.63, 3.8) is 0 Å². The van der Waals surface area contributed by atoms with Crippen LogP contribution in [0.1, 0.15) is 44.4 Å². The fourth-order valence-electron chi connectivity index (χ4n) is 1.96. The number of carbonyl (C=O) groups is 2. The highest BCUT2D eigenvalue weighted by atomic mass is 16.6. The summed E-state index contributed by atoms with van der Waals surface area (Å²) in [4.78, 5) is 23.4. The first-order valence-corrected chi connectivity index (χ1v) is 6.62. The first-order chi connectivity index (χ1) is 9.05. The molecule has 1 aromatic carbocycles. The molecule has 1 atom stereocenters. The Hall–Kier alpha value is -1.84. The molecule has 0 bridgehead atoms. The fourth-order valence-corrected chi connectivity index (χ4v) is 1.96. The van der Waals surface area contributed by atoms with Gasteiger partial charge < -0.3 is 14.8 Å². The summed E-state index contributed by atoms with van der Waals surface area (Å²) in [6.07, 6.45) is 0.122. The van der Waals surface area contributed by atoms with Gasteiger partial charge in [-0.15, -0.1) is 0 Å². The molecule has 1 aromatic rings. The molecule has 0 aliphatic carbocycles. The van der Waals surface area contributed by atoms with Crippen LogP contribution in [0.25, 0.3) is 0 Å². The van der Waals surface area contributed by atoms with E-state index in [4.69, 9.17) is 4.74 Å². The molecule has 1 amide bonds. The van der Waals surface area contributed by atoms with E-state index in [0.717, 1.165) is 23.0 Å². The van der Waals surface area contributed by atoms with E-state index in [1.807, 2.05) is 32.0 Å². The SMILES string of the molecule is Cc1cc(C)cc(C(C)(C=O)NC(=O)OC(C)(C)C)c1. The zero-order valence-electron chi connectivity index (χ0n) is 13.0. The first kappa shape index (κ1) is 16.2. The lowest BCUT2D eigenvalue weighted by atomic mass is 9.91. The van der Waals surface area contributed by atoms with Crippen molar-refractivity contribution in [2.75, 3.05) is 0 Å². The number of hydrogen-bond donors (Lipinski definition) is 1. The third kappa shape index (κ3) is 4.37. The highest BCUT2D eigenvalue weighted by molar-refractivity contribution is 5.78. The van der Waals surface area contributed by atoms with Crippen LogP contribution in [-0.4, -0.2) is 18.0 Å². The van der Waals surface area contributed by atoms with Gasteiger partial charge in [-0.3, -0.25) is 0 Å². The van der Waals surface area contributed by atoms with Crippen molar-refractivity contribution in [2.24, 2.45) is 0 Å². The van der Waals surface area contributed by atoms with Crippen molar-refractivity contribution >= 4 is 12.4 Å². The molecule has 0 aliphatic heterocycles. The first-order valence-electron chi connectivity index (χ1n) is 6.62. The van der Waals surface area contributed by atoms with E-state index >= 15 is 0 Å². The maximum Gasteiger partial charge on any atom is 0.408 e. The molecule has 0 spiro atoms. The van der Waals surface area contributed by atoms with Crippen molar-refractivity contribution in [3.05, 3.63) is 34.9 Å². The van der Waals surface area contributed by atoms with Crippen LogP contribution in [0.5, 0.6) is 0 Å². The highest BCUT2D eigenvalue weighted by Gasteiger charge is 2.30. The molecule has 4 nitrogen and oxygen atoms in total. The number of aryl methyl sites for hydroxylation is 2. The van der Waals surface area contributed by atoms with Crippen LogP contribution in [0.4, 0.5) is 4.79 Å². The summed E-state index contributed by atoms with van der Waals surface area (Å²) in [5, 5.41) is 2.64. The van der Waals surface area contributed by atoms with Crippen molar-refractivity contribution < 1.29 is 14.3 Å². The summed E-state index contributed by atoms with van der Waals surface area (Å²) in [6.45, 7) is 10.9. The molecule has 0 saturated heterocycles. The van der Waals surface area contributed by atoms with E-state index in [-0.39, 0.29) is 0 Å². The summed E-state index contributed by atoms with van der Waals surface area (Å²) in [6, 6.07) is 5.79. The molecule has 110 valence electrons. The lowest BCUT2D eigenvalue weighted by molar-refractivity contribution is -0.113. The summed E-state index contributed by atoms with van der Waals surface area (Å²) >= 11 is 0. The molecule has 1 rings (SSSR count). The van der Waals surface area contributed by atoms with E-state index in [1.165, 1.54) is 0 Å². The van der Waals surface area contributed by atoms with E-state index in [9.17, 15) is 9.59 Å². The molecule has 0 saturated carbocycles. The molecule has 0 aromatic heterocycles. The van der Waals surface area contributed by atoms with E-state index in [2.05, 4.69) is 5.32 Å². The monoisotopic (exact) mass is 277 g/mol. The number of ether oxygens (including phenoxy) is 1. The van der Waals surface area contributed by atoms with Crippen LogP contribution < -0.4 is 5.32 Å². The lowest BCUT2D eigenvalue weighted by Crippen LogP contribution is -2.47. The average molecular weight is 277 g/mol. The van der Waals surface area contributed by atoms with Crippen LogP contribution in [0.2, 0.25) is 0 Å². The van der Waals surface area contributed by atoms with E-state index in [0.29, 0.717) is 0 Å². The Morgan fingerprint density at radius 2 is 1.60 bits per heavy atom. The van der Waals surface area contributed by atoms with Gasteiger partial charge in [0.2, 0.25) is 0 Å². The van der Waals surface area contributed by atoms with Gasteiger partial charge >= 0.3 is 6.09 Å². The highest BCUT2D eigenvalue weighted by Crippen LogP contribution is 2.22. The number of carbonyl (C=O) groups excluding carboxylic acids is 2. The molecule has 20 heavy (non-hydrogen) atoms. The quantitative estimate of drug-likeness (QED) is 0.863. The second-order valence-electron chi connectivity index (χ2n) is 6.32. The van der Waals surface area contributed by atoms with Crippen molar-refractivity contribution in [2.45, 2.75) is 52.7 Å². The third-order valence-corrected chi connectivity index (χ3v) is 2.82. The predicted octanol–water partition coefficient (Wildman–Crippen LogP) is 3.24. The normalized spacial score (nSPS) is 14.3. The van der Waals surface area contributed by atoms with Gasteiger partial charge in [0, 0.05) is 0 Å². The number of hydrogen-bond acceptors (Lipinski definition) is 3. The number of rotatable bonds is 3. The Balaban J connectivity index is 3.02. The smallest absolute Gasteiger partial charge is 0.408 e. The second-order valence-corrected chi connectivity index (χ2v) is 6.32. The summed E-state index contributed by atoms with van der Waals surface area (Å²) < 4.78 is 5.21. The minimum Gasteiger partial charge on any atom is -0.444 e. The zero-order chi connectivity index (χ0) is 15.6. The minimum absolute atomic E-state index is 0.601. The Labute approximate surface area is 120 Å². The van der Waals surface area contributed by atoms with Crippen LogP contribution in [0.15, 0.2) is 18.2 Å². The molecule has 0 fully saturated rings. The van der Waals surface area contributed by atoms with Gasteiger partial charge in [-0.25, -0.2) is 4.79 Å². The zero-order valence-corrected chi connectivity index (χ0v) is 13.0. The van der Waals surface area contributed by atoms with Gasteiger partial charge in [-0.05, 0) is 47.1 Å². The maximum atomic E-state index is 11.9. The number of alkyl carbamates (subject to hydrolysis) is 1. The fraction of sp³-hybridized carbons (Fsp3) is 0.500. The average Bonchev–Trinajstić information content (AvgIpc) is 2.24. The largest absolute Gasteiger partial charge is 0.444 e.